The van der Waals surface area contributed by atoms with Crippen LogP contribution < -0.4 is 16.0 Å². The number of benzene rings is 2. The Balaban J connectivity index is 1.40. The molecule has 3 N–H and O–H groups in total. The Morgan fingerprint density at radius 2 is 1.70 bits per heavy atom. The van der Waals surface area contributed by atoms with Gasteiger partial charge < -0.3 is 20.9 Å². The fourth-order valence-electron chi connectivity index (χ4n) is 4.03. The molecule has 0 fully saturated rings. The number of likely N-dealkylation sites (N-methyl/N-ethyl adjacent to an activating group) is 1. The molecule has 9 heteroatoms. The highest BCUT2D eigenvalue weighted by atomic mass is 19.1. The van der Waals surface area contributed by atoms with Gasteiger partial charge in [-0.3, -0.25) is 4.79 Å². The van der Waals surface area contributed by atoms with E-state index in [0.29, 0.717) is 12.4 Å². The third kappa shape index (κ3) is 7.62. The minimum Gasteiger partial charge on any atom is -0.369 e. The Kier molecular flexibility index (Phi) is 9.39. The molecule has 0 unspecified atom stereocenters. The Hall–Kier alpha value is -4.81. The summed E-state index contributed by atoms with van der Waals surface area (Å²) in [5, 5.41) is 18.8. The van der Waals surface area contributed by atoms with Crippen molar-refractivity contribution in [3.63, 3.8) is 0 Å². The quantitative estimate of drug-likeness (QED) is 0.241. The number of amides is 1. The highest BCUT2D eigenvalue weighted by molar-refractivity contribution is 5.99. The summed E-state index contributed by atoms with van der Waals surface area (Å²) in [6, 6.07) is 21.2. The minimum absolute atomic E-state index is 0.259. The van der Waals surface area contributed by atoms with Crippen LogP contribution in [0.2, 0.25) is 0 Å². The molecule has 4 aromatic rings. The molecule has 0 radical (unpaired) electrons. The lowest BCUT2D eigenvalue weighted by atomic mass is 10.1. The van der Waals surface area contributed by atoms with Crippen LogP contribution in [0.25, 0.3) is 11.1 Å². The second-order valence-corrected chi connectivity index (χ2v) is 9.69. The van der Waals surface area contributed by atoms with Crippen LogP contribution in [0.1, 0.15) is 40.0 Å². The van der Waals surface area contributed by atoms with Gasteiger partial charge in [0.25, 0.3) is 5.91 Å². The van der Waals surface area contributed by atoms with Crippen LogP contribution in [0.3, 0.4) is 0 Å². The first kappa shape index (κ1) is 28.2. The molecular weight excluding hydrogens is 505 g/mol. The van der Waals surface area contributed by atoms with Crippen LogP contribution in [0.15, 0.2) is 79.1 Å². The summed E-state index contributed by atoms with van der Waals surface area (Å²) in [5.74, 6) is 0.485. The van der Waals surface area contributed by atoms with Crippen LogP contribution in [0.5, 0.6) is 0 Å². The van der Waals surface area contributed by atoms with E-state index in [2.05, 4.69) is 30.8 Å². The highest BCUT2D eigenvalue weighted by Gasteiger charge is 2.17. The van der Waals surface area contributed by atoms with Crippen molar-refractivity contribution in [2.45, 2.75) is 19.5 Å². The molecule has 2 aromatic carbocycles. The average molecular weight is 538 g/mol. The fraction of sp³-hybridized carbons (Fsp3) is 0.226. The van der Waals surface area contributed by atoms with Crippen molar-refractivity contribution in [3.8, 4) is 17.2 Å². The molecule has 0 aliphatic heterocycles. The van der Waals surface area contributed by atoms with Crippen molar-refractivity contribution in [2.24, 2.45) is 0 Å². The Morgan fingerprint density at radius 3 is 2.35 bits per heavy atom. The van der Waals surface area contributed by atoms with Crippen LogP contribution in [-0.2, 0) is 6.54 Å². The third-order valence-corrected chi connectivity index (χ3v) is 6.35. The number of carbonyl (C=O) groups is 1. The van der Waals surface area contributed by atoms with Crippen LogP contribution >= 0.6 is 0 Å². The first-order valence-corrected chi connectivity index (χ1v) is 13.0. The molecule has 0 bridgehead atoms. The van der Waals surface area contributed by atoms with Crippen molar-refractivity contribution >= 4 is 17.5 Å². The molecule has 1 atom stereocenters. The summed E-state index contributed by atoms with van der Waals surface area (Å²) >= 11 is 0. The van der Waals surface area contributed by atoms with Crippen molar-refractivity contribution in [2.75, 3.05) is 37.8 Å². The standard InChI is InChI=1S/C31H32FN7O/c1-21(24-8-11-27(32)12-9-24)38-31(40)28-16-23(17-33)19-37-30(28)36-18-22-4-6-25(7-5-22)26-10-13-29(35-20-26)34-14-15-39(2)3/h4-13,16,19-21H,14-15,18H2,1-3H3,(H,34,35)(H,36,37)(H,38,40)/t21-/m0/s1. The maximum Gasteiger partial charge on any atom is 0.255 e. The van der Waals surface area contributed by atoms with Gasteiger partial charge in [0.1, 0.15) is 23.5 Å². The largest absolute Gasteiger partial charge is 0.369 e. The minimum atomic E-state index is -0.383. The zero-order chi connectivity index (χ0) is 28.5. The van der Waals surface area contributed by atoms with E-state index in [9.17, 15) is 14.4 Å². The van der Waals surface area contributed by atoms with E-state index in [1.54, 1.807) is 12.1 Å². The zero-order valence-electron chi connectivity index (χ0n) is 22.8. The number of nitrogens with zero attached hydrogens (tertiary/aromatic N) is 4. The molecule has 0 saturated heterocycles. The molecule has 0 aliphatic rings. The first-order chi connectivity index (χ1) is 19.3. The number of hydrogen-bond donors (Lipinski definition) is 3. The molecule has 0 aliphatic carbocycles. The molecule has 0 saturated carbocycles. The predicted octanol–water partition coefficient (Wildman–Crippen LogP) is 5.23. The maximum atomic E-state index is 13.3. The van der Waals surface area contributed by atoms with Gasteiger partial charge >= 0.3 is 0 Å². The van der Waals surface area contributed by atoms with Gasteiger partial charge in [-0.25, -0.2) is 14.4 Å². The van der Waals surface area contributed by atoms with Gasteiger partial charge in [0.05, 0.1) is 17.2 Å². The SMILES string of the molecule is C[C@H](NC(=O)c1cc(C#N)cnc1NCc1ccc(-c2ccc(NCCN(C)C)nc2)cc1)c1ccc(F)cc1. The van der Waals surface area contributed by atoms with Gasteiger partial charge in [0.2, 0.25) is 0 Å². The topological polar surface area (TPSA) is 106 Å². The average Bonchev–Trinajstić information content (AvgIpc) is 2.96. The summed E-state index contributed by atoms with van der Waals surface area (Å²) in [4.78, 5) is 24.1. The smallest absolute Gasteiger partial charge is 0.255 e. The van der Waals surface area contributed by atoms with E-state index in [0.717, 1.165) is 41.2 Å². The molecule has 2 aromatic heterocycles. The van der Waals surface area contributed by atoms with Crippen LogP contribution in [-0.4, -0.2) is 48.0 Å². The molecule has 4 rings (SSSR count). The van der Waals surface area contributed by atoms with Crippen LogP contribution in [0, 0.1) is 17.1 Å². The highest BCUT2D eigenvalue weighted by Crippen LogP contribution is 2.22. The molecule has 8 nitrogen and oxygen atoms in total. The lowest BCUT2D eigenvalue weighted by Gasteiger charge is -2.16. The van der Waals surface area contributed by atoms with Gasteiger partial charge in [-0.1, -0.05) is 36.4 Å². The molecule has 2 heterocycles. The Labute approximate surface area is 233 Å². The second-order valence-electron chi connectivity index (χ2n) is 9.69. The zero-order valence-corrected chi connectivity index (χ0v) is 22.8. The third-order valence-electron chi connectivity index (χ3n) is 6.35. The molecule has 1 amide bonds. The molecule has 0 spiro atoms. The van der Waals surface area contributed by atoms with Crippen molar-refractivity contribution in [1.29, 1.82) is 5.26 Å². The monoisotopic (exact) mass is 537 g/mol. The summed E-state index contributed by atoms with van der Waals surface area (Å²) in [6.07, 6.45) is 3.28. The summed E-state index contributed by atoms with van der Waals surface area (Å²) in [6.45, 7) is 4.00. The first-order valence-electron chi connectivity index (χ1n) is 13.0. The predicted molar refractivity (Wildman–Crippen MR) is 155 cm³/mol. The summed E-state index contributed by atoms with van der Waals surface area (Å²) in [7, 11) is 4.07. The number of anilines is 2. The number of rotatable bonds is 11. The number of nitriles is 1. The van der Waals surface area contributed by atoms with E-state index in [4.69, 9.17) is 0 Å². The summed E-state index contributed by atoms with van der Waals surface area (Å²) in [5.41, 5.74) is 4.36. The lowest BCUT2D eigenvalue weighted by Crippen LogP contribution is -2.28. The molecule has 204 valence electrons. The Morgan fingerprint density at radius 1 is 0.975 bits per heavy atom. The van der Waals surface area contributed by atoms with Crippen LogP contribution in [0.4, 0.5) is 16.0 Å². The van der Waals surface area contributed by atoms with E-state index in [1.165, 1.54) is 24.4 Å². The number of nitrogens with one attached hydrogen (secondary N) is 3. The number of hydrogen-bond acceptors (Lipinski definition) is 7. The van der Waals surface area contributed by atoms with Gasteiger partial charge in [-0.15, -0.1) is 0 Å². The van der Waals surface area contributed by atoms with Crippen molar-refractivity contribution < 1.29 is 9.18 Å². The second kappa shape index (κ2) is 13.3. The summed E-state index contributed by atoms with van der Waals surface area (Å²) < 4.78 is 13.3. The van der Waals surface area contributed by atoms with E-state index in [-0.39, 0.29) is 28.9 Å². The van der Waals surface area contributed by atoms with E-state index in [1.807, 2.05) is 69.7 Å². The van der Waals surface area contributed by atoms with Crippen molar-refractivity contribution in [3.05, 3.63) is 107 Å². The number of halogens is 1. The van der Waals surface area contributed by atoms with Gasteiger partial charge in [-0.2, -0.15) is 5.26 Å². The van der Waals surface area contributed by atoms with Crippen molar-refractivity contribution in [1.82, 2.24) is 20.2 Å². The fourth-order valence-corrected chi connectivity index (χ4v) is 4.03. The molecule has 40 heavy (non-hydrogen) atoms. The lowest BCUT2D eigenvalue weighted by molar-refractivity contribution is 0.0940. The number of pyridine rings is 2. The van der Waals surface area contributed by atoms with Gasteiger partial charge in [0, 0.05) is 37.6 Å². The van der Waals surface area contributed by atoms with E-state index >= 15 is 0 Å². The number of carbonyl (C=O) groups excluding carboxylic acids is 1. The van der Waals surface area contributed by atoms with Gasteiger partial charge in [0.15, 0.2) is 0 Å². The maximum absolute atomic E-state index is 13.3. The van der Waals surface area contributed by atoms with E-state index < -0.39 is 0 Å². The number of aromatic nitrogens is 2. The Bertz CT molecular complexity index is 1460. The normalized spacial score (nSPS) is 11.5. The molecular formula is C31H32FN7O. The van der Waals surface area contributed by atoms with Gasteiger partial charge in [-0.05, 0) is 68.0 Å².